The first-order chi connectivity index (χ1) is 12.0. The number of aromatic nitrogens is 3. The molecule has 0 radical (unpaired) electrons. The molecule has 124 valence electrons. The van der Waals surface area contributed by atoms with Crippen molar-refractivity contribution in [3.63, 3.8) is 0 Å². The lowest BCUT2D eigenvalue weighted by Crippen LogP contribution is -1.92. The number of rotatable bonds is 2. The summed E-state index contributed by atoms with van der Waals surface area (Å²) in [6.07, 6.45) is 3.73. The van der Waals surface area contributed by atoms with Crippen LogP contribution in [0.25, 0.3) is 28.0 Å². The maximum absolute atomic E-state index is 6.17. The van der Waals surface area contributed by atoms with E-state index in [9.17, 15) is 0 Å². The van der Waals surface area contributed by atoms with Crippen LogP contribution in [0.3, 0.4) is 0 Å². The maximum atomic E-state index is 6.17. The van der Waals surface area contributed by atoms with E-state index in [-0.39, 0.29) is 0 Å². The zero-order valence-corrected chi connectivity index (χ0v) is 15.6. The van der Waals surface area contributed by atoms with Crippen molar-refractivity contribution in [3.8, 4) is 22.4 Å². The Morgan fingerprint density at radius 1 is 1.00 bits per heavy atom. The summed E-state index contributed by atoms with van der Waals surface area (Å²) in [5.74, 6) is 0. The van der Waals surface area contributed by atoms with Crippen molar-refractivity contribution >= 4 is 41.1 Å². The Hall–Kier alpha value is -2.14. The van der Waals surface area contributed by atoms with Crippen LogP contribution in [0.2, 0.25) is 10.0 Å². The van der Waals surface area contributed by atoms with Crippen molar-refractivity contribution in [2.24, 2.45) is 0 Å². The molecule has 0 amide bonds. The molecule has 4 aromatic rings. The molecule has 0 unspecified atom stereocenters. The van der Waals surface area contributed by atoms with E-state index in [1.807, 2.05) is 22.7 Å². The van der Waals surface area contributed by atoms with Crippen LogP contribution >= 0.6 is 35.4 Å². The number of nitrogens with zero attached hydrogens (tertiary/aromatic N) is 2. The second-order valence-electron chi connectivity index (χ2n) is 5.84. The van der Waals surface area contributed by atoms with Gasteiger partial charge in [0.05, 0.1) is 15.7 Å². The predicted molar refractivity (Wildman–Crippen MR) is 106 cm³/mol. The van der Waals surface area contributed by atoms with Gasteiger partial charge in [0.25, 0.3) is 0 Å². The van der Waals surface area contributed by atoms with Gasteiger partial charge in [-0.2, -0.15) is 0 Å². The van der Waals surface area contributed by atoms with Crippen molar-refractivity contribution in [1.29, 1.82) is 0 Å². The number of imidazole rings is 1. The second-order valence-corrected chi connectivity index (χ2v) is 7.02. The van der Waals surface area contributed by atoms with Gasteiger partial charge in [0.15, 0.2) is 0 Å². The van der Waals surface area contributed by atoms with Crippen molar-refractivity contribution in [2.45, 2.75) is 6.92 Å². The molecule has 6 heteroatoms. The summed E-state index contributed by atoms with van der Waals surface area (Å²) in [6.45, 7) is 2.07. The van der Waals surface area contributed by atoms with E-state index in [1.165, 1.54) is 5.56 Å². The van der Waals surface area contributed by atoms with Gasteiger partial charge in [0.1, 0.15) is 5.65 Å². The van der Waals surface area contributed by atoms with E-state index in [4.69, 9.17) is 35.4 Å². The fourth-order valence-corrected chi connectivity index (χ4v) is 3.25. The zero-order valence-electron chi connectivity index (χ0n) is 13.3. The minimum atomic E-state index is 0.494. The highest BCUT2D eigenvalue weighted by atomic mass is 35.5. The first kappa shape index (κ1) is 16.3. The van der Waals surface area contributed by atoms with Crippen molar-refractivity contribution in [3.05, 3.63) is 75.2 Å². The van der Waals surface area contributed by atoms with Crippen LogP contribution in [0.1, 0.15) is 5.56 Å². The van der Waals surface area contributed by atoms with Gasteiger partial charge >= 0.3 is 0 Å². The number of aryl methyl sites for hydroxylation is 1. The molecule has 3 nitrogen and oxygen atoms in total. The van der Waals surface area contributed by atoms with Crippen molar-refractivity contribution < 1.29 is 0 Å². The number of hydrogen-bond acceptors (Lipinski definition) is 2. The molecule has 0 aliphatic rings. The Labute approximate surface area is 159 Å². The summed E-state index contributed by atoms with van der Waals surface area (Å²) in [5.41, 5.74) is 5.98. The first-order valence-electron chi connectivity index (χ1n) is 7.66. The van der Waals surface area contributed by atoms with E-state index in [1.54, 1.807) is 12.3 Å². The minimum absolute atomic E-state index is 0.494. The number of nitrogens with one attached hydrogen (secondary N) is 1. The topological polar surface area (TPSA) is 33.1 Å². The Morgan fingerprint density at radius 3 is 2.44 bits per heavy atom. The number of aromatic amines is 1. The predicted octanol–water partition coefficient (Wildman–Crippen LogP) is 6.34. The van der Waals surface area contributed by atoms with Gasteiger partial charge in [-0.05, 0) is 42.4 Å². The molecular formula is C19H13Cl2N3S. The smallest absolute Gasteiger partial charge is 0.205 e. The molecule has 2 heterocycles. The molecule has 2 aromatic heterocycles. The number of H-pyrrole nitrogens is 1. The van der Waals surface area contributed by atoms with Gasteiger partial charge in [-0.25, -0.2) is 4.98 Å². The molecule has 0 bridgehead atoms. The minimum Gasteiger partial charge on any atom is -0.339 e. The highest BCUT2D eigenvalue weighted by Gasteiger charge is 2.11. The van der Waals surface area contributed by atoms with Gasteiger partial charge in [-0.3, -0.25) is 4.40 Å². The number of halogens is 2. The average Bonchev–Trinajstić information content (AvgIpc) is 3.05. The number of benzene rings is 2. The third-order valence-electron chi connectivity index (χ3n) is 4.11. The molecule has 0 saturated heterocycles. The molecule has 4 rings (SSSR count). The SMILES string of the molecule is Cc1ccc(-c2cn3c(=S)ncc(-c4ccc(Cl)c(Cl)c4)c3[nH]2)cc1. The molecule has 2 aromatic carbocycles. The van der Waals surface area contributed by atoms with Crippen LogP contribution in [-0.2, 0) is 0 Å². The molecule has 0 saturated carbocycles. The lowest BCUT2D eigenvalue weighted by molar-refractivity contribution is 1.06. The van der Waals surface area contributed by atoms with Gasteiger partial charge in [0.2, 0.25) is 4.77 Å². The Morgan fingerprint density at radius 2 is 1.72 bits per heavy atom. The molecule has 0 aliphatic heterocycles. The molecule has 1 N–H and O–H groups in total. The molecule has 25 heavy (non-hydrogen) atoms. The summed E-state index contributed by atoms with van der Waals surface area (Å²) in [4.78, 5) is 7.79. The van der Waals surface area contributed by atoms with Gasteiger partial charge in [-0.15, -0.1) is 0 Å². The summed E-state index contributed by atoms with van der Waals surface area (Å²) in [7, 11) is 0. The largest absolute Gasteiger partial charge is 0.339 e. The Balaban J connectivity index is 1.94. The maximum Gasteiger partial charge on any atom is 0.205 e. The molecule has 0 spiro atoms. The van der Waals surface area contributed by atoms with Crippen LogP contribution < -0.4 is 0 Å². The Bertz CT molecular complexity index is 1140. The molecule has 0 aliphatic carbocycles. The highest BCUT2D eigenvalue weighted by molar-refractivity contribution is 7.71. The van der Waals surface area contributed by atoms with Crippen molar-refractivity contribution in [2.75, 3.05) is 0 Å². The molecule has 0 atom stereocenters. The van der Waals surface area contributed by atoms with E-state index in [0.29, 0.717) is 14.8 Å². The zero-order chi connectivity index (χ0) is 17.6. The van der Waals surface area contributed by atoms with Crippen LogP contribution in [0.15, 0.2) is 54.9 Å². The second kappa shape index (κ2) is 6.30. The fraction of sp³-hybridized carbons (Fsp3) is 0.0526. The van der Waals surface area contributed by atoms with E-state index in [2.05, 4.69) is 41.2 Å². The standard InChI is InChI=1S/C19H13Cl2N3S/c1-11-2-4-12(5-3-11)17-10-24-18(23-17)14(9-22-19(24)25)13-6-7-15(20)16(21)8-13/h2-10,23H,1H3. The van der Waals surface area contributed by atoms with Crippen LogP contribution in [0.4, 0.5) is 0 Å². The summed E-state index contributed by atoms with van der Waals surface area (Å²) >= 11 is 17.6. The number of hydrogen-bond donors (Lipinski definition) is 1. The first-order valence-corrected chi connectivity index (χ1v) is 8.82. The van der Waals surface area contributed by atoms with Crippen LogP contribution in [0.5, 0.6) is 0 Å². The monoisotopic (exact) mass is 385 g/mol. The van der Waals surface area contributed by atoms with Gasteiger partial charge < -0.3 is 4.98 Å². The fourth-order valence-electron chi connectivity index (χ4n) is 2.76. The molecule has 0 fully saturated rings. The van der Waals surface area contributed by atoms with Crippen LogP contribution in [0, 0.1) is 11.7 Å². The summed E-state index contributed by atoms with van der Waals surface area (Å²) < 4.78 is 2.37. The van der Waals surface area contributed by atoms with Gasteiger partial charge in [-0.1, -0.05) is 59.1 Å². The third kappa shape index (κ3) is 2.97. The van der Waals surface area contributed by atoms with E-state index in [0.717, 1.165) is 28.0 Å². The highest BCUT2D eigenvalue weighted by Crippen LogP contribution is 2.31. The lowest BCUT2D eigenvalue weighted by atomic mass is 10.1. The Kier molecular flexibility index (Phi) is 4.12. The molecular weight excluding hydrogens is 373 g/mol. The van der Waals surface area contributed by atoms with Crippen molar-refractivity contribution in [1.82, 2.24) is 14.4 Å². The summed E-state index contributed by atoms with van der Waals surface area (Å²) in [5, 5.41) is 1.03. The number of fused-ring (bicyclic) bond motifs is 1. The summed E-state index contributed by atoms with van der Waals surface area (Å²) in [6, 6.07) is 13.8. The van der Waals surface area contributed by atoms with Gasteiger partial charge in [0, 0.05) is 18.0 Å². The van der Waals surface area contributed by atoms with Crippen LogP contribution in [-0.4, -0.2) is 14.4 Å². The third-order valence-corrected chi connectivity index (χ3v) is 5.15. The normalized spacial score (nSPS) is 11.2. The lowest BCUT2D eigenvalue weighted by Gasteiger charge is -2.05. The van der Waals surface area contributed by atoms with E-state index >= 15 is 0 Å². The van der Waals surface area contributed by atoms with E-state index < -0.39 is 0 Å². The quantitative estimate of drug-likeness (QED) is 0.408. The average molecular weight is 386 g/mol.